The first-order chi connectivity index (χ1) is 7.98. The van der Waals surface area contributed by atoms with E-state index in [9.17, 15) is 12.6 Å². The van der Waals surface area contributed by atoms with Gasteiger partial charge in [-0.1, -0.05) is 18.2 Å². The lowest BCUT2D eigenvalue weighted by atomic mass is 10.4. The first-order valence-electron chi connectivity index (χ1n) is 4.58. The summed E-state index contributed by atoms with van der Waals surface area (Å²) in [4.78, 5) is 0.635. The second kappa shape index (κ2) is 4.69. The maximum Gasteiger partial charge on any atom is 0.247 e. The van der Waals surface area contributed by atoms with E-state index in [1.54, 1.807) is 24.3 Å². The summed E-state index contributed by atoms with van der Waals surface area (Å²) >= 11 is 0.930. The van der Waals surface area contributed by atoms with Gasteiger partial charge in [0.05, 0.1) is 15.0 Å². The minimum absolute atomic E-state index is 0.0248. The fourth-order valence-electron chi connectivity index (χ4n) is 1.22. The molecule has 1 atom stereocenters. The number of benzene rings is 1. The normalized spacial score (nSPS) is 13.5. The Labute approximate surface area is 106 Å². The average Bonchev–Trinajstić information content (AvgIpc) is 2.78. The summed E-state index contributed by atoms with van der Waals surface area (Å²) in [5, 5.41) is 4.99. The summed E-state index contributed by atoms with van der Waals surface area (Å²) in [5.41, 5.74) is 0. The standard InChI is InChI=1S/C10H9NO3S3/c11-17(13,14)10-7-6-9(15-10)16(12)8-4-2-1-3-5-8/h1-7H,(H2,11,13,14). The Kier molecular flexibility index (Phi) is 3.43. The Balaban J connectivity index is 2.37. The molecule has 1 aromatic carbocycles. The molecule has 0 aliphatic carbocycles. The molecule has 0 saturated carbocycles. The zero-order valence-electron chi connectivity index (χ0n) is 8.57. The van der Waals surface area contributed by atoms with Crippen LogP contribution in [0.4, 0.5) is 0 Å². The second-order valence-corrected chi connectivity index (χ2v) is 7.78. The highest BCUT2D eigenvalue weighted by molar-refractivity contribution is 7.92. The van der Waals surface area contributed by atoms with Gasteiger partial charge in [-0.05, 0) is 24.3 Å². The predicted octanol–water partition coefficient (Wildman–Crippen LogP) is 1.56. The van der Waals surface area contributed by atoms with E-state index < -0.39 is 20.8 Å². The quantitative estimate of drug-likeness (QED) is 0.930. The van der Waals surface area contributed by atoms with Gasteiger partial charge in [-0.25, -0.2) is 17.8 Å². The van der Waals surface area contributed by atoms with Crippen molar-refractivity contribution >= 4 is 32.2 Å². The molecule has 7 heteroatoms. The molecule has 0 spiro atoms. The zero-order valence-corrected chi connectivity index (χ0v) is 11.0. The van der Waals surface area contributed by atoms with E-state index in [4.69, 9.17) is 5.14 Å². The van der Waals surface area contributed by atoms with Gasteiger partial charge in [0, 0.05) is 4.90 Å². The van der Waals surface area contributed by atoms with Gasteiger partial charge in [0.25, 0.3) is 0 Å². The highest BCUT2D eigenvalue weighted by Crippen LogP contribution is 2.26. The largest absolute Gasteiger partial charge is 0.248 e. The summed E-state index contributed by atoms with van der Waals surface area (Å²) in [5.74, 6) is 0. The van der Waals surface area contributed by atoms with E-state index in [0.717, 1.165) is 11.3 Å². The second-order valence-electron chi connectivity index (χ2n) is 3.20. The van der Waals surface area contributed by atoms with Crippen LogP contribution < -0.4 is 5.14 Å². The molecule has 0 bridgehead atoms. The minimum atomic E-state index is -3.71. The van der Waals surface area contributed by atoms with Crippen LogP contribution in [0, 0.1) is 0 Å². The number of thiophene rings is 1. The van der Waals surface area contributed by atoms with Crippen molar-refractivity contribution in [2.75, 3.05) is 0 Å². The summed E-state index contributed by atoms with van der Waals surface area (Å²) in [6.45, 7) is 0. The van der Waals surface area contributed by atoms with E-state index in [1.165, 1.54) is 12.1 Å². The minimum Gasteiger partial charge on any atom is -0.248 e. The summed E-state index contributed by atoms with van der Waals surface area (Å²) in [6.07, 6.45) is 0. The lowest BCUT2D eigenvalue weighted by Gasteiger charge is -1.97. The summed E-state index contributed by atoms with van der Waals surface area (Å²) in [7, 11) is -5.08. The third kappa shape index (κ3) is 2.81. The lowest BCUT2D eigenvalue weighted by Crippen LogP contribution is -2.09. The van der Waals surface area contributed by atoms with E-state index in [2.05, 4.69) is 0 Å². The molecule has 0 fully saturated rings. The number of rotatable bonds is 3. The fraction of sp³-hybridized carbons (Fsp3) is 0. The Morgan fingerprint density at radius 2 is 1.71 bits per heavy atom. The van der Waals surface area contributed by atoms with Crippen molar-refractivity contribution in [1.82, 2.24) is 0 Å². The lowest BCUT2D eigenvalue weighted by molar-refractivity contribution is 0.600. The van der Waals surface area contributed by atoms with E-state index >= 15 is 0 Å². The van der Waals surface area contributed by atoms with E-state index in [-0.39, 0.29) is 4.21 Å². The predicted molar refractivity (Wildman–Crippen MR) is 66.8 cm³/mol. The number of primary sulfonamides is 1. The van der Waals surface area contributed by atoms with Crippen LogP contribution in [-0.2, 0) is 20.8 Å². The molecule has 4 nitrogen and oxygen atoms in total. The Morgan fingerprint density at radius 3 is 2.24 bits per heavy atom. The molecular formula is C10H9NO3S3. The molecule has 2 rings (SSSR count). The fourth-order valence-corrected chi connectivity index (χ4v) is 4.53. The highest BCUT2D eigenvalue weighted by Gasteiger charge is 2.15. The summed E-state index contributed by atoms with van der Waals surface area (Å²) < 4.78 is 34.8. The first-order valence-corrected chi connectivity index (χ1v) is 8.09. The van der Waals surface area contributed by atoms with Crippen molar-refractivity contribution < 1.29 is 12.6 Å². The number of nitrogens with two attached hydrogens (primary N) is 1. The van der Waals surface area contributed by atoms with Crippen LogP contribution in [0.25, 0.3) is 0 Å². The number of hydrogen-bond donors (Lipinski definition) is 1. The SMILES string of the molecule is NS(=O)(=O)c1ccc(S(=O)c2ccccc2)s1. The van der Waals surface area contributed by atoms with Crippen LogP contribution in [0.15, 0.2) is 55.8 Å². The van der Waals surface area contributed by atoms with Crippen molar-refractivity contribution in [3.05, 3.63) is 42.5 Å². The van der Waals surface area contributed by atoms with E-state index in [0.29, 0.717) is 9.10 Å². The van der Waals surface area contributed by atoms with Crippen LogP contribution >= 0.6 is 11.3 Å². The molecule has 17 heavy (non-hydrogen) atoms. The van der Waals surface area contributed by atoms with Gasteiger partial charge in [-0.3, -0.25) is 0 Å². The molecule has 0 aliphatic rings. The van der Waals surface area contributed by atoms with Gasteiger partial charge in [-0.15, -0.1) is 11.3 Å². The van der Waals surface area contributed by atoms with Crippen molar-refractivity contribution in [2.24, 2.45) is 5.14 Å². The molecule has 0 saturated heterocycles. The van der Waals surface area contributed by atoms with E-state index in [1.807, 2.05) is 6.07 Å². The Hall–Kier alpha value is -1.02. The van der Waals surface area contributed by atoms with Crippen molar-refractivity contribution in [3.8, 4) is 0 Å². The molecular weight excluding hydrogens is 278 g/mol. The molecule has 1 aromatic heterocycles. The third-order valence-corrected chi connectivity index (χ3v) is 6.20. The Bertz CT molecular complexity index is 646. The third-order valence-electron chi connectivity index (χ3n) is 1.98. The monoisotopic (exact) mass is 287 g/mol. The average molecular weight is 287 g/mol. The zero-order chi connectivity index (χ0) is 12.5. The van der Waals surface area contributed by atoms with Gasteiger partial charge < -0.3 is 0 Å². The molecule has 1 unspecified atom stereocenters. The van der Waals surface area contributed by atoms with Crippen molar-refractivity contribution in [1.29, 1.82) is 0 Å². The van der Waals surface area contributed by atoms with Gasteiger partial charge >= 0.3 is 0 Å². The highest BCUT2D eigenvalue weighted by atomic mass is 32.3. The topological polar surface area (TPSA) is 77.2 Å². The number of hydrogen-bond acceptors (Lipinski definition) is 4. The molecule has 1 heterocycles. The first kappa shape index (κ1) is 12.4. The van der Waals surface area contributed by atoms with Gasteiger partial charge in [-0.2, -0.15) is 0 Å². The maximum atomic E-state index is 12.1. The molecule has 0 radical (unpaired) electrons. The summed E-state index contributed by atoms with van der Waals surface area (Å²) in [6, 6.07) is 11.7. The maximum absolute atomic E-state index is 12.1. The molecule has 90 valence electrons. The van der Waals surface area contributed by atoms with Gasteiger partial charge in [0.15, 0.2) is 0 Å². The van der Waals surface area contributed by atoms with Crippen molar-refractivity contribution in [3.63, 3.8) is 0 Å². The molecule has 0 amide bonds. The number of sulfonamides is 1. The molecule has 2 aromatic rings. The van der Waals surface area contributed by atoms with Crippen molar-refractivity contribution in [2.45, 2.75) is 13.3 Å². The van der Waals surface area contributed by atoms with Gasteiger partial charge in [0.2, 0.25) is 10.0 Å². The van der Waals surface area contributed by atoms with Gasteiger partial charge in [0.1, 0.15) is 4.21 Å². The molecule has 0 aliphatic heterocycles. The Morgan fingerprint density at radius 1 is 1.06 bits per heavy atom. The smallest absolute Gasteiger partial charge is 0.247 e. The van der Waals surface area contributed by atoms with Crippen LogP contribution in [0.2, 0.25) is 0 Å². The van der Waals surface area contributed by atoms with Crippen LogP contribution in [-0.4, -0.2) is 12.6 Å². The van der Waals surface area contributed by atoms with Crippen LogP contribution in [0.5, 0.6) is 0 Å². The molecule has 2 N–H and O–H groups in total. The van der Waals surface area contributed by atoms with Crippen LogP contribution in [0.1, 0.15) is 0 Å². The van der Waals surface area contributed by atoms with Crippen LogP contribution in [0.3, 0.4) is 0 Å².